The van der Waals surface area contributed by atoms with Crippen LogP contribution in [0.4, 0.5) is 0 Å². The summed E-state index contributed by atoms with van der Waals surface area (Å²) in [6.45, 7) is 6.67. The van der Waals surface area contributed by atoms with Crippen molar-refractivity contribution < 1.29 is 0 Å². The molecule has 2 nitrogen and oxygen atoms in total. The van der Waals surface area contributed by atoms with E-state index in [4.69, 9.17) is 0 Å². The van der Waals surface area contributed by atoms with Crippen molar-refractivity contribution in [3.63, 3.8) is 0 Å². The largest absolute Gasteiger partial charge is 0.309 e. The number of benzene rings is 1. The van der Waals surface area contributed by atoms with Gasteiger partial charge in [0, 0.05) is 25.2 Å². The van der Waals surface area contributed by atoms with Crippen molar-refractivity contribution in [3.8, 4) is 0 Å². The first-order chi connectivity index (χ1) is 8.19. The fraction of sp³-hybridized carbons (Fsp3) is 0.600. The molecule has 17 heavy (non-hydrogen) atoms. The molecule has 0 spiro atoms. The van der Waals surface area contributed by atoms with Crippen molar-refractivity contribution in [2.75, 3.05) is 13.6 Å². The summed E-state index contributed by atoms with van der Waals surface area (Å²) < 4.78 is 0. The minimum absolute atomic E-state index is 0.654. The van der Waals surface area contributed by atoms with Crippen LogP contribution in [-0.2, 0) is 13.0 Å². The smallest absolute Gasteiger partial charge is 0.0212 e. The topological polar surface area (TPSA) is 15.3 Å². The lowest BCUT2D eigenvalue weighted by atomic mass is 10.1. The molecular weight excluding hydrogens is 208 g/mol. The molecule has 2 heteroatoms. The lowest BCUT2D eigenvalue weighted by Crippen LogP contribution is -2.31. The minimum Gasteiger partial charge on any atom is -0.309 e. The molecule has 0 saturated carbocycles. The van der Waals surface area contributed by atoms with E-state index in [-0.39, 0.29) is 0 Å². The van der Waals surface area contributed by atoms with Crippen LogP contribution in [0.1, 0.15) is 31.4 Å². The van der Waals surface area contributed by atoms with Crippen molar-refractivity contribution >= 4 is 0 Å². The second-order valence-corrected chi connectivity index (χ2v) is 5.27. The molecule has 0 bridgehead atoms. The quantitative estimate of drug-likeness (QED) is 0.857. The molecule has 1 heterocycles. The van der Waals surface area contributed by atoms with E-state index in [0.29, 0.717) is 6.04 Å². The Morgan fingerprint density at radius 3 is 2.41 bits per heavy atom. The molecule has 94 valence electrons. The Labute approximate surface area is 105 Å². The summed E-state index contributed by atoms with van der Waals surface area (Å²) in [4.78, 5) is 2.43. The van der Waals surface area contributed by atoms with Crippen molar-refractivity contribution in [1.82, 2.24) is 10.2 Å². The van der Waals surface area contributed by atoms with E-state index in [0.717, 1.165) is 19.0 Å². The maximum Gasteiger partial charge on any atom is 0.0212 e. The van der Waals surface area contributed by atoms with Crippen molar-refractivity contribution in [2.24, 2.45) is 0 Å². The Bertz CT molecular complexity index is 334. The van der Waals surface area contributed by atoms with Crippen LogP contribution in [0.5, 0.6) is 0 Å². The SMILES string of the molecule is CCc1ccc(CNC2CC(C)N(C)C2)cc1. The summed E-state index contributed by atoms with van der Waals surface area (Å²) in [6.07, 6.45) is 2.39. The first kappa shape index (κ1) is 12.6. The number of nitrogens with one attached hydrogen (secondary N) is 1. The molecule has 0 amide bonds. The van der Waals surface area contributed by atoms with Crippen LogP contribution in [0.2, 0.25) is 0 Å². The van der Waals surface area contributed by atoms with Gasteiger partial charge in [0.05, 0.1) is 0 Å². The lowest BCUT2D eigenvalue weighted by Gasteiger charge is -2.13. The fourth-order valence-electron chi connectivity index (χ4n) is 2.50. The molecule has 0 aliphatic carbocycles. The number of likely N-dealkylation sites (tertiary alicyclic amines) is 1. The number of likely N-dealkylation sites (N-methyl/N-ethyl adjacent to an activating group) is 1. The average molecular weight is 232 g/mol. The van der Waals surface area contributed by atoms with Gasteiger partial charge >= 0.3 is 0 Å². The Hall–Kier alpha value is -0.860. The van der Waals surface area contributed by atoms with Crippen molar-refractivity contribution in [2.45, 2.75) is 45.3 Å². The van der Waals surface area contributed by atoms with Crippen LogP contribution in [0.3, 0.4) is 0 Å². The van der Waals surface area contributed by atoms with Gasteiger partial charge in [-0.05, 0) is 37.9 Å². The standard InChI is InChI=1S/C15H24N2/c1-4-13-5-7-14(8-6-13)10-16-15-9-12(2)17(3)11-15/h5-8,12,15-16H,4,9-11H2,1-3H3. The number of hydrogen-bond donors (Lipinski definition) is 1. The van der Waals surface area contributed by atoms with Crippen LogP contribution in [0.25, 0.3) is 0 Å². The fourth-order valence-corrected chi connectivity index (χ4v) is 2.50. The maximum atomic E-state index is 3.65. The summed E-state index contributed by atoms with van der Waals surface area (Å²) in [7, 11) is 2.21. The normalized spacial score (nSPS) is 25.4. The Morgan fingerprint density at radius 1 is 1.24 bits per heavy atom. The zero-order chi connectivity index (χ0) is 12.3. The highest BCUT2D eigenvalue weighted by molar-refractivity contribution is 5.22. The molecule has 2 atom stereocenters. The third-order valence-electron chi connectivity index (χ3n) is 3.91. The van der Waals surface area contributed by atoms with Crippen molar-refractivity contribution in [3.05, 3.63) is 35.4 Å². The Morgan fingerprint density at radius 2 is 1.88 bits per heavy atom. The summed E-state index contributed by atoms with van der Waals surface area (Å²) in [6, 6.07) is 10.3. The zero-order valence-corrected chi connectivity index (χ0v) is 11.2. The molecule has 1 saturated heterocycles. The number of rotatable bonds is 4. The second-order valence-electron chi connectivity index (χ2n) is 5.27. The van der Waals surface area contributed by atoms with Crippen LogP contribution in [0.15, 0.2) is 24.3 Å². The van der Waals surface area contributed by atoms with Crippen LogP contribution < -0.4 is 5.32 Å². The van der Waals surface area contributed by atoms with Gasteiger partial charge in [0.1, 0.15) is 0 Å². The lowest BCUT2D eigenvalue weighted by molar-refractivity contribution is 0.326. The van der Waals surface area contributed by atoms with E-state index in [1.165, 1.54) is 24.1 Å². The predicted octanol–water partition coefficient (Wildman–Crippen LogP) is 2.43. The molecule has 1 N–H and O–H groups in total. The number of nitrogens with zero attached hydrogens (tertiary/aromatic N) is 1. The van der Waals surface area contributed by atoms with E-state index in [9.17, 15) is 0 Å². The molecule has 2 unspecified atom stereocenters. The monoisotopic (exact) mass is 232 g/mol. The first-order valence-corrected chi connectivity index (χ1v) is 6.70. The van der Waals surface area contributed by atoms with Gasteiger partial charge in [-0.25, -0.2) is 0 Å². The van der Waals surface area contributed by atoms with E-state index in [1.54, 1.807) is 0 Å². The Balaban J connectivity index is 1.81. The van der Waals surface area contributed by atoms with E-state index >= 15 is 0 Å². The number of aryl methyl sites for hydroxylation is 1. The average Bonchev–Trinajstić information content (AvgIpc) is 2.67. The third-order valence-corrected chi connectivity index (χ3v) is 3.91. The Kier molecular flexibility index (Phi) is 4.19. The molecule has 1 aromatic carbocycles. The minimum atomic E-state index is 0.654. The molecule has 1 fully saturated rings. The molecule has 1 aliphatic rings. The van der Waals surface area contributed by atoms with E-state index < -0.39 is 0 Å². The first-order valence-electron chi connectivity index (χ1n) is 6.70. The van der Waals surface area contributed by atoms with E-state index in [1.807, 2.05) is 0 Å². The van der Waals surface area contributed by atoms with Gasteiger partial charge < -0.3 is 10.2 Å². The summed E-state index contributed by atoms with van der Waals surface area (Å²) >= 11 is 0. The maximum absolute atomic E-state index is 3.65. The highest BCUT2D eigenvalue weighted by atomic mass is 15.2. The van der Waals surface area contributed by atoms with Gasteiger partial charge in [-0.2, -0.15) is 0 Å². The molecule has 2 rings (SSSR count). The highest BCUT2D eigenvalue weighted by Crippen LogP contribution is 2.15. The van der Waals surface area contributed by atoms with Crippen LogP contribution in [-0.4, -0.2) is 30.6 Å². The van der Waals surface area contributed by atoms with Gasteiger partial charge in [-0.1, -0.05) is 31.2 Å². The summed E-state index contributed by atoms with van der Waals surface area (Å²) in [5.41, 5.74) is 2.81. The van der Waals surface area contributed by atoms with E-state index in [2.05, 4.69) is 55.4 Å². The highest BCUT2D eigenvalue weighted by Gasteiger charge is 2.25. The zero-order valence-electron chi connectivity index (χ0n) is 11.2. The van der Waals surface area contributed by atoms with Gasteiger partial charge in [-0.15, -0.1) is 0 Å². The van der Waals surface area contributed by atoms with Crippen LogP contribution >= 0.6 is 0 Å². The third kappa shape index (κ3) is 3.30. The molecular formula is C15H24N2. The van der Waals surface area contributed by atoms with Gasteiger partial charge in [0.25, 0.3) is 0 Å². The summed E-state index contributed by atoms with van der Waals surface area (Å²) in [5, 5.41) is 3.65. The summed E-state index contributed by atoms with van der Waals surface area (Å²) in [5.74, 6) is 0. The van der Waals surface area contributed by atoms with Crippen LogP contribution in [0, 0.1) is 0 Å². The van der Waals surface area contributed by atoms with Gasteiger partial charge in [-0.3, -0.25) is 0 Å². The van der Waals surface area contributed by atoms with Gasteiger partial charge in [0.15, 0.2) is 0 Å². The molecule has 1 aliphatic heterocycles. The predicted molar refractivity (Wildman–Crippen MR) is 73.2 cm³/mol. The van der Waals surface area contributed by atoms with Crippen molar-refractivity contribution in [1.29, 1.82) is 0 Å². The molecule has 1 aromatic rings. The molecule has 0 aromatic heterocycles. The number of hydrogen-bond acceptors (Lipinski definition) is 2. The van der Waals surface area contributed by atoms with Gasteiger partial charge in [0.2, 0.25) is 0 Å². The molecule has 0 radical (unpaired) electrons. The second kappa shape index (κ2) is 5.65.